The molecule has 0 amide bonds. The van der Waals surface area contributed by atoms with Gasteiger partial charge in [-0.3, -0.25) is 4.90 Å². The van der Waals surface area contributed by atoms with Crippen molar-refractivity contribution in [3.63, 3.8) is 0 Å². The van der Waals surface area contributed by atoms with E-state index in [-0.39, 0.29) is 0 Å². The van der Waals surface area contributed by atoms with Crippen LogP contribution in [0.25, 0.3) is 27.2 Å². The van der Waals surface area contributed by atoms with Crippen LogP contribution in [0, 0.1) is 6.92 Å². The Morgan fingerprint density at radius 3 is 2.75 bits per heavy atom. The topological polar surface area (TPSA) is 53.2 Å². The standard InChI is InChI=1S/C27H26N2O2S/c1-18-11-12-24-23(16-18)26(20-13-15-29-14-5-8-21(29)17-20)27(28-24)32(30,31)25-10-4-7-19-6-2-3-9-22(19)25/h2-4,6-7,9-13,16,21,28H,5,8,14-15,17H2,1H3/t21-/m0/s1. The van der Waals surface area contributed by atoms with Crippen LogP contribution < -0.4 is 0 Å². The Hall–Kier alpha value is -2.89. The van der Waals surface area contributed by atoms with Crippen molar-refractivity contribution in [1.82, 2.24) is 9.88 Å². The van der Waals surface area contributed by atoms with Gasteiger partial charge in [0.2, 0.25) is 9.84 Å². The molecule has 0 aliphatic carbocycles. The summed E-state index contributed by atoms with van der Waals surface area (Å²) < 4.78 is 28.2. The van der Waals surface area contributed by atoms with E-state index >= 15 is 0 Å². The Morgan fingerprint density at radius 2 is 1.84 bits per heavy atom. The lowest BCUT2D eigenvalue weighted by molar-refractivity contribution is 0.275. The molecule has 4 aromatic rings. The number of rotatable bonds is 3. The number of nitrogens with zero attached hydrogens (tertiary/aromatic N) is 1. The van der Waals surface area contributed by atoms with Crippen molar-refractivity contribution in [3.05, 3.63) is 77.9 Å². The molecule has 162 valence electrons. The third-order valence-electron chi connectivity index (χ3n) is 7.08. The fraction of sp³-hybridized carbons (Fsp3) is 0.259. The number of aromatic nitrogens is 1. The Morgan fingerprint density at radius 1 is 1.00 bits per heavy atom. The molecule has 32 heavy (non-hydrogen) atoms. The molecule has 3 aromatic carbocycles. The summed E-state index contributed by atoms with van der Waals surface area (Å²) in [5.74, 6) is 0. The summed E-state index contributed by atoms with van der Waals surface area (Å²) in [6.07, 6.45) is 5.55. The first-order valence-electron chi connectivity index (χ1n) is 11.3. The summed E-state index contributed by atoms with van der Waals surface area (Å²) >= 11 is 0. The quantitative estimate of drug-likeness (QED) is 0.442. The second-order valence-corrected chi connectivity index (χ2v) is 10.9. The van der Waals surface area contributed by atoms with Crippen molar-refractivity contribution in [1.29, 1.82) is 0 Å². The summed E-state index contributed by atoms with van der Waals surface area (Å²) in [4.78, 5) is 6.19. The predicted molar refractivity (Wildman–Crippen MR) is 130 cm³/mol. The van der Waals surface area contributed by atoms with Crippen molar-refractivity contribution >= 4 is 37.1 Å². The molecule has 0 saturated carbocycles. The maximum atomic E-state index is 14.1. The molecule has 0 radical (unpaired) electrons. The number of aryl methyl sites for hydroxylation is 1. The van der Waals surface area contributed by atoms with Crippen LogP contribution in [0.5, 0.6) is 0 Å². The highest BCUT2D eigenvalue weighted by Gasteiger charge is 2.33. The first-order valence-corrected chi connectivity index (χ1v) is 12.8. The molecule has 1 atom stereocenters. The number of H-pyrrole nitrogens is 1. The van der Waals surface area contributed by atoms with Crippen LogP contribution in [0.15, 0.2) is 76.7 Å². The average Bonchev–Trinajstić information content (AvgIpc) is 3.42. The summed E-state index contributed by atoms with van der Waals surface area (Å²) in [6.45, 7) is 4.10. The highest BCUT2D eigenvalue weighted by Crippen LogP contribution is 2.41. The molecule has 2 aliphatic heterocycles. The van der Waals surface area contributed by atoms with Gasteiger partial charge >= 0.3 is 0 Å². The van der Waals surface area contributed by atoms with E-state index in [9.17, 15) is 8.42 Å². The smallest absolute Gasteiger partial charge is 0.223 e. The molecule has 1 N–H and O–H groups in total. The molecule has 5 heteroatoms. The Kier molecular flexibility index (Phi) is 4.52. The number of hydrogen-bond acceptors (Lipinski definition) is 3. The molecule has 1 fully saturated rings. The second kappa shape index (κ2) is 7.32. The van der Waals surface area contributed by atoms with E-state index in [1.165, 1.54) is 12.8 Å². The monoisotopic (exact) mass is 442 g/mol. The molecule has 1 saturated heterocycles. The molecular formula is C27H26N2O2S. The van der Waals surface area contributed by atoms with E-state index in [4.69, 9.17) is 0 Å². The van der Waals surface area contributed by atoms with Crippen LogP contribution >= 0.6 is 0 Å². The third-order valence-corrected chi connectivity index (χ3v) is 8.85. The minimum atomic E-state index is -3.75. The molecule has 6 rings (SSSR count). The lowest BCUT2D eigenvalue weighted by Crippen LogP contribution is -2.33. The Balaban J connectivity index is 1.60. The van der Waals surface area contributed by atoms with Crippen LogP contribution in [0.4, 0.5) is 0 Å². The van der Waals surface area contributed by atoms with Gasteiger partial charge in [0.15, 0.2) is 0 Å². The largest absolute Gasteiger partial charge is 0.345 e. The number of fused-ring (bicyclic) bond motifs is 3. The van der Waals surface area contributed by atoms with E-state index in [1.807, 2.05) is 48.5 Å². The van der Waals surface area contributed by atoms with Gasteiger partial charge in [0, 0.05) is 34.4 Å². The molecular weight excluding hydrogens is 416 g/mol. The van der Waals surface area contributed by atoms with Crippen molar-refractivity contribution in [3.8, 4) is 0 Å². The SMILES string of the molecule is Cc1ccc2[nH]c(S(=O)(=O)c3cccc4ccccc34)c(C3=CCN4CCC[C@H]4C3)c2c1. The first-order chi connectivity index (χ1) is 15.5. The van der Waals surface area contributed by atoms with E-state index in [0.29, 0.717) is 16.0 Å². The van der Waals surface area contributed by atoms with Crippen molar-refractivity contribution in [2.24, 2.45) is 0 Å². The Bertz CT molecular complexity index is 1490. The van der Waals surface area contributed by atoms with Gasteiger partial charge in [0.25, 0.3) is 0 Å². The summed E-state index contributed by atoms with van der Waals surface area (Å²) in [5, 5.41) is 3.02. The first kappa shape index (κ1) is 19.8. The van der Waals surface area contributed by atoms with Gasteiger partial charge in [-0.15, -0.1) is 0 Å². The lowest BCUT2D eigenvalue weighted by atomic mass is 9.93. The van der Waals surface area contributed by atoms with Crippen molar-refractivity contribution < 1.29 is 8.42 Å². The summed E-state index contributed by atoms with van der Waals surface area (Å²) in [5.41, 5.74) is 4.02. The molecule has 4 nitrogen and oxygen atoms in total. The summed E-state index contributed by atoms with van der Waals surface area (Å²) in [7, 11) is -3.75. The third kappa shape index (κ3) is 3.03. The average molecular weight is 443 g/mol. The fourth-order valence-corrected chi connectivity index (χ4v) is 7.18. The molecule has 0 bridgehead atoms. The number of benzene rings is 3. The number of sulfone groups is 1. The highest BCUT2D eigenvalue weighted by atomic mass is 32.2. The predicted octanol–water partition coefficient (Wildman–Crippen LogP) is 5.71. The minimum absolute atomic E-state index is 0.326. The van der Waals surface area contributed by atoms with E-state index in [1.54, 1.807) is 6.07 Å². The molecule has 3 heterocycles. The van der Waals surface area contributed by atoms with E-state index in [0.717, 1.165) is 57.9 Å². The zero-order valence-electron chi connectivity index (χ0n) is 18.1. The van der Waals surface area contributed by atoms with Gasteiger partial charge in [-0.25, -0.2) is 8.42 Å². The van der Waals surface area contributed by atoms with Gasteiger partial charge in [0.1, 0.15) is 5.03 Å². The van der Waals surface area contributed by atoms with Crippen LogP contribution in [-0.4, -0.2) is 37.4 Å². The van der Waals surface area contributed by atoms with Gasteiger partial charge in [-0.2, -0.15) is 0 Å². The van der Waals surface area contributed by atoms with Gasteiger partial charge < -0.3 is 4.98 Å². The molecule has 0 spiro atoms. The van der Waals surface area contributed by atoms with Crippen molar-refractivity contribution in [2.75, 3.05) is 13.1 Å². The zero-order valence-corrected chi connectivity index (χ0v) is 19.0. The van der Waals surface area contributed by atoms with Gasteiger partial charge in [-0.05, 0) is 61.9 Å². The van der Waals surface area contributed by atoms with Crippen LogP contribution in [-0.2, 0) is 9.84 Å². The van der Waals surface area contributed by atoms with Crippen molar-refractivity contribution in [2.45, 2.75) is 42.1 Å². The van der Waals surface area contributed by atoms with Crippen LogP contribution in [0.1, 0.15) is 30.4 Å². The normalized spacial score (nSPS) is 19.4. The van der Waals surface area contributed by atoms with Crippen LogP contribution in [0.2, 0.25) is 0 Å². The zero-order chi connectivity index (χ0) is 21.9. The van der Waals surface area contributed by atoms with Gasteiger partial charge in [0.05, 0.1) is 4.90 Å². The van der Waals surface area contributed by atoms with E-state index in [2.05, 4.69) is 29.0 Å². The maximum Gasteiger partial charge on any atom is 0.223 e. The Labute approximate surface area is 188 Å². The van der Waals surface area contributed by atoms with Gasteiger partial charge in [-0.1, -0.05) is 54.1 Å². The van der Waals surface area contributed by atoms with E-state index < -0.39 is 9.84 Å². The maximum absolute atomic E-state index is 14.1. The second-order valence-electron chi connectivity index (χ2n) is 9.08. The number of hydrogen-bond donors (Lipinski definition) is 1. The fourth-order valence-electron chi connectivity index (χ4n) is 5.48. The van der Waals surface area contributed by atoms with Crippen LogP contribution in [0.3, 0.4) is 0 Å². The lowest BCUT2D eigenvalue weighted by Gasteiger charge is -2.29. The molecule has 1 aromatic heterocycles. The highest BCUT2D eigenvalue weighted by molar-refractivity contribution is 7.91. The molecule has 2 aliphatic rings. The summed E-state index contributed by atoms with van der Waals surface area (Å²) in [6, 6.07) is 19.9. The minimum Gasteiger partial charge on any atom is -0.345 e. The number of nitrogens with one attached hydrogen (secondary N) is 1. The molecule has 0 unspecified atom stereocenters. The number of aromatic amines is 1.